The van der Waals surface area contributed by atoms with Gasteiger partial charge in [-0.3, -0.25) is 4.79 Å². The zero-order chi connectivity index (χ0) is 20.6. The van der Waals surface area contributed by atoms with E-state index in [0.29, 0.717) is 50.9 Å². The number of hydrogen-bond acceptors (Lipinski definition) is 6. The predicted octanol–water partition coefficient (Wildman–Crippen LogP) is 0.328. The van der Waals surface area contributed by atoms with E-state index in [-0.39, 0.29) is 11.8 Å². The third kappa shape index (κ3) is 3.97. The molecule has 2 saturated heterocycles. The van der Waals surface area contributed by atoms with Gasteiger partial charge in [0.15, 0.2) is 0 Å². The molecule has 2 atom stereocenters. The topological polar surface area (TPSA) is 98.7 Å². The van der Waals surface area contributed by atoms with E-state index in [9.17, 15) is 13.2 Å². The number of aromatic nitrogens is 2. The van der Waals surface area contributed by atoms with Gasteiger partial charge >= 0.3 is 0 Å². The maximum atomic E-state index is 13.4. The Kier molecular flexibility index (Phi) is 5.52. The summed E-state index contributed by atoms with van der Waals surface area (Å²) in [6.07, 6.45) is 7.06. The maximum Gasteiger partial charge on any atom is 0.281 e. The average molecular weight is 423 g/mol. The highest BCUT2D eigenvalue weighted by Crippen LogP contribution is 2.44. The Morgan fingerprint density at radius 2 is 2.00 bits per heavy atom. The minimum atomic E-state index is -3.53. The molecule has 160 valence electrons. The smallest absolute Gasteiger partial charge is 0.281 e. The molecular formula is C19H30N6O3S. The lowest BCUT2D eigenvalue weighted by molar-refractivity contribution is -0.132. The predicted molar refractivity (Wildman–Crippen MR) is 109 cm³/mol. The van der Waals surface area contributed by atoms with Crippen molar-refractivity contribution in [2.24, 2.45) is 17.3 Å². The maximum absolute atomic E-state index is 13.4. The molecule has 29 heavy (non-hydrogen) atoms. The summed E-state index contributed by atoms with van der Waals surface area (Å²) in [6, 6.07) is 1.77. The van der Waals surface area contributed by atoms with Crippen LogP contribution in [0.15, 0.2) is 18.5 Å². The Balaban J connectivity index is 1.62. The minimum Gasteiger partial charge on any atom is -0.355 e. The second kappa shape index (κ2) is 7.81. The van der Waals surface area contributed by atoms with E-state index in [2.05, 4.69) is 15.3 Å². The fourth-order valence-corrected chi connectivity index (χ4v) is 5.74. The normalized spacial score (nSPS) is 28.2. The molecule has 0 aromatic carbocycles. The number of carbonyl (C=O) groups excluding carboxylic acids is 1. The fourth-order valence-electron chi connectivity index (χ4n) is 4.55. The first-order chi connectivity index (χ1) is 13.8. The molecule has 4 rings (SSSR count). The first kappa shape index (κ1) is 20.5. The van der Waals surface area contributed by atoms with Crippen molar-refractivity contribution in [3.63, 3.8) is 0 Å². The third-order valence-electron chi connectivity index (χ3n) is 6.47. The summed E-state index contributed by atoms with van der Waals surface area (Å²) in [5.74, 6) is 1.14. The molecular weight excluding hydrogens is 392 g/mol. The minimum absolute atomic E-state index is 0.0527. The second-order valence-corrected chi connectivity index (χ2v) is 10.8. The molecule has 3 fully saturated rings. The van der Waals surface area contributed by atoms with Crippen molar-refractivity contribution in [3.05, 3.63) is 18.5 Å². The summed E-state index contributed by atoms with van der Waals surface area (Å²) in [6.45, 7) is 2.58. The molecule has 1 amide bonds. The lowest BCUT2D eigenvalue weighted by atomic mass is 9.74. The number of hydrogen-bond donors (Lipinski definition) is 1. The SMILES string of the molecule is CN(C)S(=O)(=O)N1CCC[C@]2(C(=O)NCC3CC3)CN(c3ncccn3)C[C@@H]2C1. The summed E-state index contributed by atoms with van der Waals surface area (Å²) in [5, 5.41) is 3.17. The number of carbonyl (C=O) groups is 1. The Hall–Kier alpha value is -1.78. The van der Waals surface area contributed by atoms with Crippen LogP contribution in [-0.4, -0.2) is 79.7 Å². The Labute approximate surface area is 172 Å². The number of nitrogens with zero attached hydrogens (tertiary/aromatic N) is 5. The van der Waals surface area contributed by atoms with E-state index in [0.717, 1.165) is 6.54 Å². The van der Waals surface area contributed by atoms with Gasteiger partial charge in [0.25, 0.3) is 10.2 Å². The van der Waals surface area contributed by atoms with Gasteiger partial charge in [-0.05, 0) is 37.7 Å². The summed E-state index contributed by atoms with van der Waals surface area (Å²) in [5.41, 5.74) is -0.620. The standard InChI is InChI=1S/C19H30N6O3S/c1-23(2)29(27,28)25-10-3-7-19(17(26)22-11-15-5-6-15)14-24(12-16(19)13-25)18-20-8-4-9-21-18/h4,8-9,15-16H,3,5-7,10-14H2,1-2H3,(H,22,26)/t16-,19+/m1/s1. The zero-order valence-corrected chi connectivity index (χ0v) is 17.9. The van der Waals surface area contributed by atoms with Crippen LogP contribution in [0.3, 0.4) is 0 Å². The van der Waals surface area contributed by atoms with E-state index in [1.54, 1.807) is 32.6 Å². The monoisotopic (exact) mass is 422 g/mol. The molecule has 3 aliphatic rings. The van der Waals surface area contributed by atoms with Crippen LogP contribution in [0.5, 0.6) is 0 Å². The summed E-state index contributed by atoms with van der Waals surface area (Å²) < 4.78 is 28.4. The van der Waals surface area contributed by atoms with Gasteiger partial charge in [-0.1, -0.05) is 0 Å². The van der Waals surface area contributed by atoms with Gasteiger partial charge in [0, 0.05) is 65.1 Å². The van der Waals surface area contributed by atoms with Crippen molar-refractivity contribution < 1.29 is 13.2 Å². The Morgan fingerprint density at radius 1 is 1.28 bits per heavy atom. The van der Waals surface area contributed by atoms with Crippen molar-refractivity contribution in [1.82, 2.24) is 23.9 Å². The lowest BCUT2D eigenvalue weighted by Crippen LogP contribution is -2.49. The highest BCUT2D eigenvalue weighted by Gasteiger charge is 2.54. The van der Waals surface area contributed by atoms with Crippen LogP contribution in [0.2, 0.25) is 0 Å². The summed E-state index contributed by atoms with van der Waals surface area (Å²) in [7, 11) is -0.427. The van der Waals surface area contributed by atoms with Crippen molar-refractivity contribution >= 4 is 22.1 Å². The van der Waals surface area contributed by atoms with Crippen molar-refractivity contribution in [2.45, 2.75) is 25.7 Å². The van der Waals surface area contributed by atoms with Crippen LogP contribution in [-0.2, 0) is 15.0 Å². The van der Waals surface area contributed by atoms with Crippen LogP contribution < -0.4 is 10.2 Å². The molecule has 0 unspecified atom stereocenters. The van der Waals surface area contributed by atoms with E-state index in [4.69, 9.17) is 0 Å². The number of fused-ring (bicyclic) bond motifs is 1. The first-order valence-electron chi connectivity index (χ1n) is 10.3. The van der Waals surface area contributed by atoms with E-state index in [1.165, 1.54) is 21.5 Å². The van der Waals surface area contributed by atoms with Gasteiger partial charge in [0.05, 0.1) is 5.41 Å². The first-order valence-corrected chi connectivity index (χ1v) is 11.7. The molecule has 1 aromatic heterocycles. The number of amides is 1. The van der Waals surface area contributed by atoms with E-state index >= 15 is 0 Å². The summed E-state index contributed by atoms with van der Waals surface area (Å²) >= 11 is 0. The lowest BCUT2D eigenvalue weighted by Gasteiger charge is -2.32. The van der Waals surface area contributed by atoms with Crippen LogP contribution >= 0.6 is 0 Å². The van der Waals surface area contributed by atoms with Crippen LogP contribution in [0.4, 0.5) is 5.95 Å². The average Bonchev–Trinajstić information content (AvgIpc) is 3.49. The van der Waals surface area contributed by atoms with Gasteiger partial charge in [-0.2, -0.15) is 17.0 Å². The molecule has 3 heterocycles. The van der Waals surface area contributed by atoms with Crippen molar-refractivity contribution in [3.8, 4) is 0 Å². The Morgan fingerprint density at radius 3 is 2.66 bits per heavy atom. The fraction of sp³-hybridized carbons (Fsp3) is 0.737. The molecule has 1 aliphatic carbocycles. The largest absolute Gasteiger partial charge is 0.355 e. The molecule has 2 aliphatic heterocycles. The van der Waals surface area contributed by atoms with Crippen LogP contribution in [0.25, 0.3) is 0 Å². The highest BCUT2D eigenvalue weighted by atomic mass is 32.2. The summed E-state index contributed by atoms with van der Waals surface area (Å²) in [4.78, 5) is 24.1. The highest BCUT2D eigenvalue weighted by molar-refractivity contribution is 7.86. The van der Waals surface area contributed by atoms with Gasteiger partial charge in [-0.25, -0.2) is 9.97 Å². The third-order valence-corrected chi connectivity index (χ3v) is 8.38. The second-order valence-electron chi connectivity index (χ2n) is 8.69. The van der Waals surface area contributed by atoms with Gasteiger partial charge in [0.2, 0.25) is 11.9 Å². The molecule has 1 N–H and O–H groups in total. The number of nitrogens with one attached hydrogen (secondary N) is 1. The molecule has 1 aromatic rings. The van der Waals surface area contributed by atoms with Gasteiger partial charge in [0.1, 0.15) is 0 Å². The van der Waals surface area contributed by atoms with Crippen molar-refractivity contribution in [1.29, 1.82) is 0 Å². The molecule has 9 nitrogen and oxygen atoms in total. The molecule has 0 radical (unpaired) electrons. The van der Waals surface area contributed by atoms with Gasteiger partial charge in [-0.15, -0.1) is 0 Å². The van der Waals surface area contributed by atoms with E-state index in [1.807, 2.05) is 4.90 Å². The Bertz CT molecular complexity index is 845. The molecule has 1 saturated carbocycles. The molecule has 0 spiro atoms. The molecule has 10 heteroatoms. The van der Waals surface area contributed by atoms with Crippen LogP contribution in [0, 0.1) is 17.3 Å². The number of rotatable bonds is 6. The quantitative estimate of drug-likeness (QED) is 0.709. The van der Waals surface area contributed by atoms with Crippen molar-refractivity contribution in [2.75, 3.05) is 51.7 Å². The molecule has 0 bridgehead atoms. The van der Waals surface area contributed by atoms with Crippen LogP contribution in [0.1, 0.15) is 25.7 Å². The zero-order valence-electron chi connectivity index (χ0n) is 17.1. The van der Waals surface area contributed by atoms with E-state index < -0.39 is 15.6 Å². The number of anilines is 1. The van der Waals surface area contributed by atoms with Gasteiger partial charge < -0.3 is 10.2 Å².